The lowest BCUT2D eigenvalue weighted by Crippen LogP contribution is -2.53. The van der Waals surface area contributed by atoms with Gasteiger partial charge in [-0.2, -0.15) is 0 Å². The molecule has 20 heavy (non-hydrogen) atoms. The summed E-state index contributed by atoms with van der Waals surface area (Å²) in [5, 5.41) is 10.1. The number of nitrogens with zero attached hydrogens (tertiary/aromatic N) is 1. The minimum Gasteiger partial charge on any atom is -0.456 e. The summed E-state index contributed by atoms with van der Waals surface area (Å²) in [5.41, 5.74) is 0. The largest absolute Gasteiger partial charge is 0.456 e. The van der Waals surface area contributed by atoms with Crippen molar-refractivity contribution in [3.63, 3.8) is 0 Å². The predicted octanol–water partition coefficient (Wildman–Crippen LogP) is 1.59. The average Bonchev–Trinajstić information content (AvgIpc) is 3.07. The third kappa shape index (κ3) is 2.47. The van der Waals surface area contributed by atoms with E-state index in [4.69, 9.17) is 9.15 Å². The number of hydrogen-bond donors (Lipinski definition) is 1. The van der Waals surface area contributed by atoms with E-state index in [-0.39, 0.29) is 24.0 Å². The van der Waals surface area contributed by atoms with Crippen molar-refractivity contribution in [3.8, 4) is 0 Å². The van der Waals surface area contributed by atoms with Gasteiger partial charge in [-0.25, -0.2) is 0 Å². The number of carbonyl (C=O) groups excluding carboxylic acids is 1. The van der Waals surface area contributed by atoms with Crippen LogP contribution in [0.4, 0.5) is 0 Å². The van der Waals surface area contributed by atoms with Gasteiger partial charge in [0.05, 0.1) is 25.4 Å². The Morgan fingerprint density at radius 2 is 2.25 bits per heavy atom. The molecule has 0 radical (unpaired) electrons. The van der Waals surface area contributed by atoms with Crippen LogP contribution >= 0.6 is 0 Å². The Labute approximate surface area is 118 Å². The van der Waals surface area contributed by atoms with Crippen LogP contribution in [0.15, 0.2) is 16.5 Å². The zero-order valence-corrected chi connectivity index (χ0v) is 11.7. The van der Waals surface area contributed by atoms with Crippen molar-refractivity contribution >= 4 is 5.91 Å². The van der Waals surface area contributed by atoms with E-state index in [0.717, 1.165) is 25.0 Å². The normalized spacial score (nSPS) is 30.7. The van der Waals surface area contributed by atoms with Gasteiger partial charge in [-0.15, -0.1) is 0 Å². The summed E-state index contributed by atoms with van der Waals surface area (Å²) in [5.74, 6) is 1.14. The number of carbonyl (C=O) groups is 1. The van der Waals surface area contributed by atoms with E-state index in [1.807, 2.05) is 11.8 Å². The molecule has 1 saturated heterocycles. The fraction of sp³-hybridized carbons (Fsp3) is 0.667. The summed E-state index contributed by atoms with van der Waals surface area (Å²) in [4.78, 5) is 14.4. The second-order valence-electron chi connectivity index (χ2n) is 5.71. The fourth-order valence-corrected chi connectivity index (χ4v) is 3.34. The number of hydrogen-bond acceptors (Lipinski definition) is 4. The zero-order valence-electron chi connectivity index (χ0n) is 11.7. The van der Waals surface area contributed by atoms with Gasteiger partial charge in [-0.1, -0.05) is 6.42 Å². The van der Waals surface area contributed by atoms with Crippen molar-refractivity contribution < 1.29 is 19.1 Å². The highest BCUT2D eigenvalue weighted by Crippen LogP contribution is 2.32. The molecular formula is C15H21NO4. The van der Waals surface area contributed by atoms with Gasteiger partial charge >= 0.3 is 0 Å². The lowest BCUT2D eigenvalue weighted by Gasteiger charge is -2.39. The van der Waals surface area contributed by atoms with Gasteiger partial charge in [0.15, 0.2) is 5.76 Å². The van der Waals surface area contributed by atoms with Crippen LogP contribution in [0.3, 0.4) is 0 Å². The van der Waals surface area contributed by atoms with Gasteiger partial charge in [0.1, 0.15) is 5.76 Å². The van der Waals surface area contributed by atoms with Crippen LogP contribution in [0.25, 0.3) is 0 Å². The minimum absolute atomic E-state index is 0.0424. The SMILES string of the molecule is Cc1ccc(C(=O)N2CCOC[C@@H]2[C@H]2CCC[C@H]2O)o1. The lowest BCUT2D eigenvalue weighted by atomic mass is 9.94. The van der Waals surface area contributed by atoms with Crippen molar-refractivity contribution in [1.29, 1.82) is 0 Å². The molecule has 1 aliphatic carbocycles. The van der Waals surface area contributed by atoms with Gasteiger partial charge < -0.3 is 19.2 Å². The Morgan fingerprint density at radius 3 is 2.90 bits per heavy atom. The van der Waals surface area contributed by atoms with Gasteiger partial charge in [-0.3, -0.25) is 4.79 Å². The molecule has 1 amide bonds. The smallest absolute Gasteiger partial charge is 0.289 e. The first-order valence-corrected chi connectivity index (χ1v) is 7.30. The molecule has 0 aromatic carbocycles. The number of aryl methyl sites for hydroxylation is 1. The van der Waals surface area contributed by atoms with Gasteiger partial charge in [0.25, 0.3) is 5.91 Å². The number of rotatable bonds is 2. The summed E-state index contributed by atoms with van der Waals surface area (Å²) in [6, 6.07) is 3.47. The maximum absolute atomic E-state index is 12.6. The topological polar surface area (TPSA) is 62.9 Å². The maximum Gasteiger partial charge on any atom is 0.289 e. The van der Waals surface area contributed by atoms with E-state index in [1.54, 1.807) is 12.1 Å². The van der Waals surface area contributed by atoms with E-state index >= 15 is 0 Å². The van der Waals surface area contributed by atoms with E-state index in [0.29, 0.717) is 25.5 Å². The molecule has 110 valence electrons. The predicted molar refractivity (Wildman–Crippen MR) is 72.4 cm³/mol. The molecule has 1 N–H and O–H groups in total. The molecule has 1 aromatic rings. The Morgan fingerprint density at radius 1 is 1.40 bits per heavy atom. The molecular weight excluding hydrogens is 258 g/mol. The molecule has 5 nitrogen and oxygen atoms in total. The molecule has 1 aromatic heterocycles. The van der Waals surface area contributed by atoms with Crippen LogP contribution in [-0.4, -0.2) is 47.8 Å². The summed E-state index contributed by atoms with van der Waals surface area (Å²) in [7, 11) is 0. The highest BCUT2D eigenvalue weighted by molar-refractivity contribution is 5.91. The van der Waals surface area contributed by atoms with Crippen molar-refractivity contribution in [2.75, 3.05) is 19.8 Å². The molecule has 0 spiro atoms. The third-order valence-corrected chi connectivity index (χ3v) is 4.40. The first-order chi connectivity index (χ1) is 9.66. The quantitative estimate of drug-likeness (QED) is 0.893. The Balaban J connectivity index is 1.79. The van der Waals surface area contributed by atoms with Gasteiger partial charge in [0, 0.05) is 12.5 Å². The summed E-state index contributed by atoms with van der Waals surface area (Å²) >= 11 is 0. The second-order valence-corrected chi connectivity index (χ2v) is 5.71. The summed E-state index contributed by atoms with van der Waals surface area (Å²) in [6.45, 7) is 3.44. The van der Waals surface area contributed by atoms with Gasteiger partial charge in [-0.05, 0) is 31.9 Å². The molecule has 0 unspecified atom stereocenters. The molecule has 1 aliphatic heterocycles. The zero-order chi connectivity index (χ0) is 14.1. The molecule has 2 fully saturated rings. The Bertz CT molecular complexity index is 484. The van der Waals surface area contributed by atoms with Crippen LogP contribution in [-0.2, 0) is 4.74 Å². The van der Waals surface area contributed by atoms with Crippen LogP contribution in [0.1, 0.15) is 35.6 Å². The standard InChI is InChI=1S/C15H21NO4/c1-10-5-6-14(20-10)15(18)16-7-8-19-9-12(16)11-3-2-4-13(11)17/h5-6,11-13,17H,2-4,7-9H2,1H3/t11-,12-,13-/m1/s1. The molecule has 5 heteroatoms. The Hall–Kier alpha value is -1.33. The number of ether oxygens (including phenoxy) is 1. The number of morpholine rings is 1. The van der Waals surface area contributed by atoms with Crippen LogP contribution in [0.2, 0.25) is 0 Å². The molecule has 3 rings (SSSR count). The lowest BCUT2D eigenvalue weighted by molar-refractivity contribution is -0.0394. The highest BCUT2D eigenvalue weighted by atomic mass is 16.5. The average molecular weight is 279 g/mol. The molecule has 1 saturated carbocycles. The molecule has 2 heterocycles. The van der Waals surface area contributed by atoms with Gasteiger partial charge in [0.2, 0.25) is 0 Å². The van der Waals surface area contributed by atoms with Crippen molar-refractivity contribution in [1.82, 2.24) is 4.90 Å². The maximum atomic E-state index is 12.6. The van der Waals surface area contributed by atoms with E-state index in [9.17, 15) is 9.90 Å². The van der Waals surface area contributed by atoms with E-state index in [2.05, 4.69) is 0 Å². The monoisotopic (exact) mass is 279 g/mol. The number of amides is 1. The van der Waals surface area contributed by atoms with E-state index in [1.165, 1.54) is 0 Å². The molecule has 2 aliphatic rings. The van der Waals surface area contributed by atoms with Crippen LogP contribution in [0.5, 0.6) is 0 Å². The number of aliphatic hydroxyl groups is 1. The van der Waals surface area contributed by atoms with E-state index < -0.39 is 0 Å². The second kappa shape index (κ2) is 5.58. The number of aliphatic hydroxyl groups excluding tert-OH is 1. The first-order valence-electron chi connectivity index (χ1n) is 7.30. The summed E-state index contributed by atoms with van der Waals surface area (Å²) < 4.78 is 11.0. The first kappa shape index (κ1) is 13.6. The summed E-state index contributed by atoms with van der Waals surface area (Å²) in [6.07, 6.45) is 2.47. The minimum atomic E-state index is -0.324. The fourth-order valence-electron chi connectivity index (χ4n) is 3.34. The van der Waals surface area contributed by atoms with Crippen LogP contribution in [0, 0.1) is 12.8 Å². The number of furan rings is 1. The highest BCUT2D eigenvalue weighted by Gasteiger charge is 2.40. The van der Waals surface area contributed by atoms with Crippen LogP contribution < -0.4 is 0 Å². The van der Waals surface area contributed by atoms with Crippen molar-refractivity contribution in [3.05, 3.63) is 23.7 Å². The third-order valence-electron chi connectivity index (χ3n) is 4.40. The van der Waals surface area contributed by atoms with Crippen molar-refractivity contribution in [2.45, 2.75) is 38.3 Å². The Kier molecular flexibility index (Phi) is 3.81. The molecule has 0 bridgehead atoms. The molecule has 3 atom stereocenters. The van der Waals surface area contributed by atoms with Crippen molar-refractivity contribution in [2.24, 2.45) is 5.92 Å².